The van der Waals surface area contributed by atoms with Gasteiger partial charge in [0.25, 0.3) is 0 Å². The van der Waals surface area contributed by atoms with E-state index in [2.05, 4.69) is 15.3 Å². The second-order valence-corrected chi connectivity index (χ2v) is 4.66. The monoisotopic (exact) mass is 254 g/mol. The lowest BCUT2D eigenvalue weighted by Crippen LogP contribution is -2.43. The van der Waals surface area contributed by atoms with Crippen molar-refractivity contribution in [1.82, 2.24) is 29.1 Å². The number of hydrogen-bond donors (Lipinski definition) is 0. The van der Waals surface area contributed by atoms with Gasteiger partial charge in [-0.1, -0.05) is 0 Å². The summed E-state index contributed by atoms with van der Waals surface area (Å²) in [6.45, 7) is 5.91. The zero-order chi connectivity index (χ0) is 13.4. The van der Waals surface area contributed by atoms with Crippen LogP contribution in [0.4, 0.5) is 0 Å². The van der Waals surface area contributed by atoms with Crippen LogP contribution in [0.1, 0.15) is 17.1 Å². The van der Waals surface area contributed by atoms with E-state index in [0.29, 0.717) is 0 Å². The van der Waals surface area contributed by atoms with Crippen molar-refractivity contribution in [1.29, 1.82) is 0 Å². The first-order valence-corrected chi connectivity index (χ1v) is 6.19. The predicted octanol–water partition coefficient (Wildman–Crippen LogP) is 1.13. The molecule has 7 heteroatoms. The van der Waals surface area contributed by atoms with E-state index < -0.39 is 0 Å². The summed E-state index contributed by atoms with van der Waals surface area (Å²) in [5.74, 6) is 0. The van der Waals surface area contributed by atoms with Crippen molar-refractivity contribution in [2.24, 2.45) is 0 Å². The molecule has 3 aromatic rings. The van der Waals surface area contributed by atoms with Crippen LogP contribution in [-0.4, -0.2) is 36.2 Å². The number of nitrogens with zero attached hydrogens (tertiary/aromatic N) is 6. The minimum atomic E-state index is -0.212. The largest absolute Gasteiger partial charge is 0.568 e. The minimum absolute atomic E-state index is 0.212. The minimum Gasteiger partial charge on any atom is -0.268 e. The second kappa shape index (κ2) is 4.42. The lowest BCUT2D eigenvalue weighted by Gasteiger charge is -2.13. The molecule has 0 N–H and O–H groups in total. The van der Waals surface area contributed by atoms with Gasteiger partial charge < -0.3 is 0 Å². The molecule has 0 aliphatic carbocycles. The molecule has 0 unspecified atom stereocenters. The summed E-state index contributed by atoms with van der Waals surface area (Å²) in [5.41, 5.74) is 2.91. The maximum Gasteiger partial charge on any atom is 0.568 e. The van der Waals surface area contributed by atoms with Crippen LogP contribution in [0.5, 0.6) is 0 Å². The van der Waals surface area contributed by atoms with Crippen LogP contribution in [0, 0.1) is 20.8 Å². The molecule has 0 amide bonds. The van der Waals surface area contributed by atoms with Crippen LogP contribution in [0.2, 0.25) is 0 Å². The number of hydrogen-bond acceptors (Lipinski definition) is 3. The maximum atomic E-state index is 4.48. The molecule has 0 aliphatic heterocycles. The van der Waals surface area contributed by atoms with E-state index in [-0.39, 0.29) is 7.12 Å². The summed E-state index contributed by atoms with van der Waals surface area (Å²) in [7, 11) is -0.212. The molecule has 96 valence electrons. The van der Waals surface area contributed by atoms with E-state index >= 15 is 0 Å². The molecule has 0 fully saturated rings. The van der Waals surface area contributed by atoms with Crippen molar-refractivity contribution < 1.29 is 0 Å². The summed E-state index contributed by atoms with van der Waals surface area (Å²) >= 11 is 0. The Balaban J connectivity index is 2.10. The van der Waals surface area contributed by atoms with Gasteiger partial charge in [-0.15, -0.1) is 0 Å². The molecular formula is C12H15BN6. The molecule has 0 atom stereocenters. The molecule has 3 heterocycles. The van der Waals surface area contributed by atoms with Crippen LogP contribution >= 0.6 is 0 Å². The Morgan fingerprint density at radius 1 is 0.684 bits per heavy atom. The highest BCUT2D eigenvalue weighted by atomic mass is 15.4. The fourth-order valence-electron chi connectivity index (χ4n) is 2.05. The normalized spacial score (nSPS) is 10.9. The topological polar surface area (TPSA) is 53.5 Å². The molecule has 0 saturated heterocycles. The van der Waals surface area contributed by atoms with Crippen molar-refractivity contribution in [3.63, 3.8) is 0 Å². The molecule has 6 nitrogen and oxygen atoms in total. The Bertz CT molecular complexity index is 599. The van der Waals surface area contributed by atoms with E-state index in [1.807, 2.05) is 71.3 Å². The molecule has 3 rings (SSSR count). The van der Waals surface area contributed by atoms with E-state index in [4.69, 9.17) is 0 Å². The maximum absolute atomic E-state index is 4.48. The van der Waals surface area contributed by atoms with Gasteiger partial charge in [0.1, 0.15) is 0 Å². The van der Waals surface area contributed by atoms with Crippen molar-refractivity contribution in [3.8, 4) is 0 Å². The third-order valence-electron chi connectivity index (χ3n) is 2.93. The van der Waals surface area contributed by atoms with Crippen molar-refractivity contribution in [2.45, 2.75) is 20.8 Å². The molecule has 3 aromatic heterocycles. The first-order valence-electron chi connectivity index (χ1n) is 6.19. The fourth-order valence-corrected chi connectivity index (χ4v) is 2.05. The zero-order valence-corrected chi connectivity index (χ0v) is 11.2. The first kappa shape index (κ1) is 11.8. The molecular weight excluding hydrogens is 239 g/mol. The molecule has 0 spiro atoms. The highest BCUT2D eigenvalue weighted by molar-refractivity contribution is 6.52. The lowest BCUT2D eigenvalue weighted by molar-refractivity contribution is 0.758. The van der Waals surface area contributed by atoms with E-state index in [9.17, 15) is 0 Å². The Morgan fingerprint density at radius 3 is 1.21 bits per heavy atom. The summed E-state index contributed by atoms with van der Waals surface area (Å²) in [6.07, 6.45) is 5.82. The van der Waals surface area contributed by atoms with Crippen LogP contribution in [0.25, 0.3) is 0 Å². The highest BCUT2D eigenvalue weighted by Gasteiger charge is 2.27. The van der Waals surface area contributed by atoms with Gasteiger partial charge in [-0.25, -0.2) is 0 Å². The van der Waals surface area contributed by atoms with E-state index in [1.165, 1.54) is 0 Å². The van der Waals surface area contributed by atoms with Crippen LogP contribution < -0.4 is 0 Å². The summed E-state index contributed by atoms with van der Waals surface area (Å²) in [5, 5.41) is 13.4. The SMILES string of the molecule is Cc1ccn(B(n2ccc(C)n2)n2ccc(C)n2)n1. The fraction of sp³-hybridized carbons (Fsp3) is 0.250. The first-order chi connectivity index (χ1) is 9.13. The highest BCUT2D eigenvalue weighted by Crippen LogP contribution is 2.03. The van der Waals surface area contributed by atoms with Gasteiger partial charge >= 0.3 is 7.12 Å². The quantitative estimate of drug-likeness (QED) is 0.658. The van der Waals surface area contributed by atoms with Gasteiger partial charge in [0.05, 0.1) is 17.1 Å². The second-order valence-electron chi connectivity index (χ2n) is 4.66. The van der Waals surface area contributed by atoms with Gasteiger partial charge in [0.15, 0.2) is 0 Å². The average molecular weight is 254 g/mol. The molecule has 19 heavy (non-hydrogen) atoms. The van der Waals surface area contributed by atoms with Crippen molar-refractivity contribution >= 4 is 7.12 Å². The average Bonchev–Trinajstić information content (AvgIpc) is 3.05. The molecule has 0 radical (unpaired) electrons. The van der Waals surface area contributed by atoms with Crippen molar-refractivity contribution in [3.05, 3.63) is 53.9 Å². The number of rotatable bonds is 3. The Kier molecular flexibility index (Phi) is 2.74. The summed E-state index contributed by atoms with van der Waals surface area (Å²) in [4.78, 5) is 0. The van der Waals surface area contributed by atoms with Gasteiger partial charge in [0, 0.05) is 18.6 Å². The third-order valence-corrected chi connectivity index (χ3v) is 2.93. The molecule has 0 saturated carbocycles. The summed E-state index contributed by atoms with van der Waals surface area (Å²) in [6, 6.07) is 5.92. The van der Waals surface area contributed by atoms with Gasteiger partial charge in [-0.2, -0.15) is 15.3 Å². The Morgan fingerprint density at radius 2 is 1.00 bits per heavy atom. The zero-order valence-electron chi connectivity index (χ0n) is 11.2. The van der Waals surface area contributed by atoms with E-state index in [0.717, 1.165) is 17.1 Å². The molecule has 0 aliphatic rings. The summed E-state index contributed by atoms with van der Waals surface area (Å²) < 4.78 is 5.57. The Labute approximate surface area is 111 Å². The van der Waals surface area contributed by atoms with Gasteiger partial charge in [-0.05, 0) is 39.0 Å². The van der Waals surface area contributed by atoms with Crippen LogP contribution in [-0.2, 0) is 0 Å². The smallest absolute Gasteiger partial charge is 0.268 e. The standard InChI is InChI=1S/C12H15BN6/c1-10-4-7-17(14-10)13(18-8-5-11(2)15-18)19-9-6-12(3)16-19/h4-9H,1-3H3. The molecule has 0 bridgehead atoms. The van der Waals surface area contributed by atoms with Crippen molar-refractivity contribution in [2.75, 3.05) is 0 Å². The number of aromatic nitrogens is 6. The molecule has 0 aromatic carbocycles. The Hall–Kier alpha value is -2.31. The van der Waals surface area contributed by atoms with E-state index in [1.54, 1.807) is 0 Å². The predicted molar refractivity (Wildman–Crippen MR) is 72.8 cm³/mol. The van der Waals surface area contributed by atoms with Crippen LogP contribution in [0.15, 0.2) is 36.8 Å². The third kappa shape index (κ3) is 2.19. The van der Waals surface area contributed by atoms with Crippen LogP contribution in [0.3, 0.4) is 0 Å². The lowest BCUT2D eigenvalue weighted by atomic mass is 9.96. The van der Waals surface area contributed by atoms with Gasteiger partial charge in [0.2, 0.25) is 0 Å². The number of aryl methyl sites for hydroxylation is 3. The van der Waals surface area contributed by atoms with Gasteiger partial charge in [-0.3, -0.25) is 13.8 Å².